The molecule has 1 aliphatic rings. The first-order chi connectivity index (χ1) is 6.74. The third-order valence-corrected chi connectivity index (χ3v) is 2.82. The summed E-state index contributed by atoms with van der Waals surface area (Å²) in [5.74, 6) is 0.735. The molecule has 1 aromatic carbocycles. The van der Waals surface area contributed by atoms with E-state index in [1.807, 2.05) is 6.07 Å². The van der Waals surface area contributed by atoms with Crippen LogP contribution in [0.25, 0.3) is 0 Å². The summed E-state index contributed by atoms with van der Waals surface area (Å²) in [7, 11) is 1.55. The van der Waals surface area contributed by atoms with E-state index in [2.05, 4.69) is 0 Å². The zero-order valence-corrected chi connectivity index (χ0v) is 8.29. The van der Waals surface area contributed by atoms with Crippen LogP contribution in [0.15, 0.2) is 12.1 Å². The fourth-order valence-corrected chi connectivity index (χ4v) is 2.08. The minimum atomic E-state index is -0.0474. The number of aromatic hydroxyl groups is 1. The lowest BCUT2D eigenvalue weighted by molar-refractivity contribution is 0.364. The number of ether oxygens (including phenoxy) is 1. The molecule has 3 nitrogen and oxygen atoms in total. The Labute approximate surface area is 83.5 Å². The van der Waals surface area contributed by atoms with Crippen LogP contribution < -0.4 is 10.5 Å². The third kappa shape index (κ3) is 1.34. The molecule has 0 amide bonds. The summed E-state index contributed by atoms with van der Waals surface area (Å²) in [5.41, 5.74) is 7.98. The summed E-state index contributed by atoms with van der Waals surface area (Å²) in [4.78, 5) is 0. The van der Waals surface area contributed by atoms with Gasteiger partial charge in [0.2, 0.25) is 0 Å². The Bertz CT molecular complexity index is 349. The topological polar surface area (TPSA) is 55.5 Å². The first-order valence-electron chi connectivity index (χ1n) is 4.88. The molecule has 0 heterocycles. The second-order valence-electron chi connectivity index (χ2n) is 3.69. The Morgan fingerprint density at radius 2 is 2.29 bits per heavy atom. The number of rotatable bonds is 1. The molecule has 1 unspecified atom stereocenters. The summed E-state index contributed by atoms with van der Waals surface area (Å²) < 4.78 is 5.05. The number of phenolic OH excluding ortho intramolecular Hbond substituents is 1. The van der Waals surface area contributed by atoms with E-state index in [1.54, 1.807) is 13.2 Å². The lowest BCUT2D eigenvalue weighted by Gasteiger charge is -2.23. The van der Waals surface area contributed by atoms with Crippen LogP contribution in [0.5, 0.6) is 11.5 Å². The largest absolute Gasteiger partial charge is 0.504 e. The number of nitrogens with two attached hydrogens (primary N) is 1. The molecule has 0 saturated heterocycles. The Hall–Kier alpha value is -1.22. The van der Waals surface area contributed by atoms with Gasteiger partial charge in [-0.1, -0.05) is 6.07 Å². The summed E-state index contributed by atoms with van der Waals surface area (Å²) >= 11 is 0. The maximum Gasteiger partial charge on any atom is 0.162 e. The summed E-state index contributed by atoms with van der Waals surface area (Å²) in [5, 5.41) is 9.90. The zero-order valence-electron chi connectivity index (χ0n) is 8.29. The summed E-state index contributed by atoms with van der Waals surface area (Å²) in [6.45, 7) is 0. The van der Waals surface area contributed by atoms with Crippen molar-refractivity contribution in [3.8, 4) is 11.5 Å². The van der Waals surface area contributed by atoms with Gasteiger partial charge in [0.1, 0.15) is 0 Å². The highest BCUT2D eigenvalue weighted by Gasteiger charge is 2.22. The molecule has 2 rings (SSSR count). The highest BCUT2D eigenvalue weighted by molar-refractivity contribution is 5.52. The Morgan fingerprint density at radius 1 is 1.50 bits per heavy atom. The maximum atomic E-state index is 9.90. The van der Waals surface area contributed by atoms with Crippen LogP contribution >= 0.6 is 0 Å². The molecule has 1 aliphatic carbocycles. The van der Waals surface area contributed by atoms with Crippen molar-refractivity contribution >= 4 is 0 Å². The minimum Gasteiger partial charge on any atom is -0.504 e. The molecule has 3 heteroatoms. The lowest BCUT2D eigenvalue weighted by Crippen LogP contribution is -2.17. The van der Waals surface area contributed by atoms with Gasteiger partial charge in [-0.25, -0.2) is 0 Å². The average molecular weight is 193 g/mol. The van der Waals surface area contributed by atoms with Crippen LogP contribution in [0.2, 0.25) is 0 Å². The average Bonchev–Trinajstić information content (AvgIpc) is 2.18. The molecule has 0 radical (unpaired) electrons. The molecule has 76 valence electrons. The van der Waals surface area contributed by atoms with E-state index >= 15 is 0 Å². The van der Waals surface area contributed by atoms with Crippen molar-refractivity contribution in [1.29, 1.82) is 0 Å². The van der Waals surface area contributed by atoms with Crippen LogP contribution in [0.4, 0.5) is 0 Å². The van der Waals surface area contributed by atoms with Gasteiger partial charge in [0.05, 0.1) is 7.11 Å². The number of hydrogen-bond donors (Lipinski definition) is 2. The predicted octanol–water partition coefficient (Wildman–Crippen LogP) is 1.74. The van der Waals surface area contributed by atoms with Crippen LogP contribution in [-0.4, -0.2) is 12.2 Å². The summed E-state index contributed by atoms with van der Waals surface area (Å²) in [6, 6.07) is 3.74. The van der Waals surface area contributed by atoms with E-state index in [1.165, 1.54) is 0 Å². The first-order valence-corrected chi connectivity index (χ1v) is 4.88. The van der Waals surface area contributed by atoms with Crippen LogP contribution in [0.3, 0.4) is 0 Å². The number of benzene rings is 1. The smallest absolute Gasteiger partial charge is 0.162 e. The maximum absolute atomic E-state index is 9.90. The van der Waals surface area contributed by atoms with Gasteiger partial charge in [-0.05, 0) is 30.9 Å². The number of fused-ring (bicyclic) bond motifs is 1. The zero-order chi connectivity index (χ0) is 10.1. The molecule has 0 aliphatic heterocycles. The molecule has 0 fully saturated rings. The van der Waals surface area contributed by atoms with Crippen molar-refractivity contribution in [2.75, 3.05) is 7.11 Å². The molecule has 3 N–H and O–H groups in total. The first kappa shape index (κ1) is 9.34. The van der Waals surface area contributed by atoms with E-state index in [4.69, 9.17) is 10.5 Å². The Balaban J connectivity index is 2.54. The van der Waals surface area contributed by atoms with Crippen molar-refractivity contribution in [1.82, 2.24) is 0 Å². The number of aryl methyl sites for hydroxylation is 1. The Kier molecular flexibility index (Phi) is 2.33. The fraction of sp³-hybridized carbons (Fsp3) is 0.455. The second kappa shape index (κ2) is 3.50. The van der Waals surface area contributed by atoms with Crippen molar-refractivity contribution in [2.24, 2.45) is 5.73 Å². The van der Waals surface area contributed by atoms with Gasteiger partial charge in [0.25, 0.3) is 0 Å². The quantitative estimate of drug-likeness (QED) is 0.714. The van der Waals surface area contributed by atoms with Crippen LogP contribution in [-0.2, 0) is 6.42 Å². The lowest BCUT2D eigenvalue weighted by atomic mass is 9.87. The molecule has 1 aromatic rings. The molecule has 1 atom stereocenters. The van der Waals surface area contributed by atoms with E-state index in [9.17, 15) is 5.11 Å². The van der Waals surface area contributed by atoms with E-state index < -0.39 is 0 Å². The van der Waals surface area contributed by atoms with Crippen molar-refractivity contribution in [3.63, 3.8) is 0 Å². The third-order valence-electron chi connectivity index (χ3n) is 2.82. The summed E-state index contributed by atoms with van der Waals surface area (Å²) in [6.07, 6.45) is 3.04. The van der Waals surface area contributed by atoms with Gasteiger partial charge in [0.15, 0.2) is 11.5 Å². The van der Waals surface area contributed by atoms with Gasteiger partial charge < -0.3 is 15.6 Å². The van der Waals surface area contributed by atoms with E-state index in [0.717, 1.165) is 30.4 Å². The number of methoxy groups -OCH3 is 1. The standard InChI is InChI=1S/C11H15NO2/c1-14-9-6-5-7-3-2-4-8(12)10(7)11(9)13/h5-6,8,13H,2-4,12H2,1H3. The monoisotopic (exact) mass is 193 g/mol. The molecule has 0 saturated carbocycles. The van der Waals surface area contributed by atoms with Gasteiger partial charge in [-0.15, -0.1) is 0 Å². The highest BCUT2D eigenvalue weighted by Crippen LogP contribution is 2.40. The second-order valence-corrected chi connectivity index (χ2v) is 3.69. The molecule has 0 spiro atoms. The molecule has 14 heavy (non-hydrogen) atoms. The van der Waals surface area contributed by atoms with Gasteiger partial charge in [-0.2, -0.15) is 0 Å². The van der Waals surface area contributed by atoms with Gasteiger partial charge >= 0.3 is 0 Å². The van der Waals surface area contributed by atoms with Crippen molar-refractivity contribution < 1.29 is 9.84 Å². The SMILES string of the molecule is COc1ccc2c(c1O)C(N)CCC2. The van der Waals surface area contributed by atoms with E-state index in [-0.39, 0.29) is 11.8 Å². The van der Waals surface area contributed by atoms with Crippen LogP contribution in [0, 0.1) is 0 Å². The van der Waals surface area contributed by atoms with E-state index in [0.29, 0.717) is 5.75 Å². The molecule has 0 aromatic heterocycles. The normalized spacial score (nSPS) is 20.3. The highest BCUT2D eigenvalue weighted by atomic mass is 16.5. The molecule has 0 bridgehead atoms. The number of phenols is 1. The number of hydrogen-bond acceptors (Lipinski definition) is 3. The van der Waals surface area contributed by atoms with Gasteiger partial charge in [-0.3, -0.25) is 0 Å². The van der Waals surface area contributed by atoms with Gasteiger partial charge in [0, 0.05) is 11.6 Å². The van der Waals surface area contributed by atoms with Crippen molar-refractivity contribution in [2.45, 2.75) is 25.3 Å². The fourth-order valence-electron chi connectivity index (χ4n) is 2.08. The minimum absolute atomic E-state index is 0.0474. The van der Waals surface area contributed by atoms with Crippen LogP contribution in [0.1, 0.15) is 30.0 Å². The molecular formula is C11H15NO2. The predicted molar refractivity (Wildman–Crippen MR) is 54.5 cm³/mol. The van der Waals surface area contributed by atoms with Crippen molar-refractivity contribution in [3.05, 3.63) is 23.3 Å². The Morgan fingerprint density at radius 3 is 3.00 bits per heavy atom. The molecular weight excluding hydrogens is 178 g/mol.